The van der Waals surface area contributed by atoms with Crippen LogP contribution in [0.1, 0.15) is 18.5 Å². The Kier molecular flexibility index (Phi) is 3.35. The highest BCUT2D eigenvalue weighted by Gasteiger charge is 2.12. The molecule has 0 saturated heterocycles. The number of rotatable bonds is 3. The summed E-state index contributed by atoms with van der Waals surface area (Å²) in [5.74, 6) is 1.04. The van der Waals surface area contributed by atoms with Crippen molar-refractivity contribution in [2.24, 2.45) is 0 Å². The summed E-state index contributed by atoms with van der Waals surface area (Å²) in [7, 11) is 0. The molecule has 3 nitrogen and oxygen atoms in total. The number of aryl methyl sites for hydroxylation is 1. The quantitative estimate of drug-likeness (QED) is 0.852. The van der Waals surface area contributed by atoms with Gasteiger partial charge in [-0.05, 0) is 44.0 Å². The number of hydrogen-bond donors (Lipinski definition) is 1. The predicted octanol–water partition coefficient (Wildman–Crippen LogP) is 3.33. The Bertz CT molecular complexity index is 556. The molecule has 0 radical (unpaired) electrons. The minimum Gasteiger partial charge on any atom is -0.329 e. The van der Waals surface area contributed by atoms with E-state index < -0.39 is 0 Å². The van der Waals surface area contributed by atoms with Gasteiger partial charge in [0.25, 0.3) is 0 Å². The highest BCUT2D eigenvalue weighted by Crippen LogP contribution is 2.21. The highest BCUT2D eigenvalue weighted by molar-refractivity contribution is 7.98. The molecular weight excluding hydrogens is 238 g/mol. The molecule has 0 aliphatic rings. The first-order valence-electron chi connectivity index (χ1n) is 5.20. The van der Waals surface area contributed by atoms with Gasteiger partial charge in [0.15, 0.2) is 10.4 Å². The largest absolute Gasteiger partial charge is 0.329 e. The van der Waals surface area contributed by atoms with E-state index in [1.165, 1.54) is 5.56 Å². The summed E-state index contributed by atoms with van der Waals surface area (Å²) in [6.07, 6.45) is 3.94. The van der Waals surface area contributed by atoms with E-state index in [4.69, 9.17) is 12.2 Å². The average Bonchev–Trinajstić information content (AvgIpc) is 2.56. The van der Waals surface area contributed by atoms with Gasteiger partial charge in [0, 0.05) is 18.0 Å². The molecule has 5 heteroatoms. The average molecular weight is 253 g/mol. The molecule has 0 bridgehead atoms. The van der Waals surface area contributed by atoms with Crippen LogP contribution in [0.5, 0.6) is 0 Å². The first-order valence-corrected chi connectivity index (χ1v) is 7.00. The van der Waals surface area contributed by atoms with Crippen molar-refractivity contribution in [1.82, 2.24) is 14.5 Å². The van der Waals surface area contributed by atoms with Crippen LogP contribution in [-0.4, -0.2) is 26.5 Å². The SMILES string of the molecule is CSCC(C)n1c(=S)[nH]c2c(C)ccnc21. The highest BCUT2D eigenvalue weighted by atomic mass is 32.2. The van der Waals surface area contributed by atoms with Crippen molar-refractivity contribution in [2.45, 2.75) is 19.9 Å². The Morgan fingerprint density at radius 3 is 3.06 bits per heavy atom. The van der Waals surface area contributed by atoms with Gasteiger partial charge in [-0.15, -0.1) is 0 Å². The molecule has 0 aromatic carbocycles. The normalized spacial score (nSPS) is 13.2. The second-order valence-electron chi connectivity index (χ2n) is 3.93. The van der Waals surface area contributed by atoms with Gasteiger partial charge in [-0.25, -0.2) is 4.98 Å². The Morgan fingerprint density at radius 2 is 2.38 bits per heavy atom. The molecule has 86 valence electrons. The molecule has 0 fully saturated rings. The summed E-state index contributed by atoms with van der Waals surface area (Å²) in [6, 6.07) is 2.36. The van der Waals surface area contributed by atoms with Crippen molar-refractivity contribution in [3.05, 3.63) is 22.6 Å². The molecule has 0 aliphatic heterocycles. The third kappa shape index (κ3) is 1.89. The number of thioether (sulfide) groups is 1. The van der Waals surface area contributed by atoms with Crippen LogP contribution in [0.15, 0.2) is 12.3 Å². The zero-order valence-corrected chi connectivity index (χ0v) is 11.3. The number of imidazole rings is 1. The summed E-state index contributed by atoms with van der Waals surface area (Å²) < 4.78 is 2.87. The molecule has 2 aromatic heterocycles. The zero-order valence-electron chi connectivity index (χ0n) is 9.65. The summed E-state index contributed by atoms with van der Waals surface area (Å²) >= 11 is 7.18. The van der Waals surface area contributed by atoms with Gasteiger partial charge in [0.2, 0.25) is 0 Å². The van der Waals surface area contributed by atoms with Gasteiger partial charge in [-0.1, -0.05) is 0 Å². The van der Waals surface area contributed by atoms with Crippen molar-refractivity contribution in [2.75, 3.05) is 12.0 Å². The Balaban J connectivity index is 2.65. The second-order valence-corrected chi connectivity index (χ2v) is 5.23. The molecule has 0 amide bonds. The predicted molar refractivity (Wildman–Crippen MR) is 72.7 cm³/mol. The third-order valence-corrected chi connectivity index (χ3v) is 3.78. The van der Waals surface area contributed by atoms with Gasteiger partial charge in [-0.2, -0.15) is 11.8 Å². The number of fused-ring (bicyclic) bond motifs is 1. The first kappa shape index (κ1) is 11.7. The molecule has 0 aliphatic carbocycles. The van der Waals surface area contributed by atoms with Gasteiger partial charge in [-0.3, -0.25) is 4.57 Å². The topological polar surface area (TPSA) is 33.6 Å². The van der Waals surface area contributed by atoms with Crippen molar-refractivity contribution < 1.29 is 0 Å². The number of hydrogen-bond acceptors (Lipinski definition) is 3. The minimum absolute atomic E-state index is 0.366. The number of aromatic amines is 1. The summed E-state index contributed by atoms with van der Waals surface area (Å²) in [4.78, 5) is 7.66. The van der Waals surface area contributed by atoms with Gasteiger partial charge >= 0.3 is 0 Å². The van der Waals surface area contributed by atoms with Crippen LogP contribution in [0.25, 0.3) is 11.2 Å². The fourth-order valence-corrected chi connectivity index (χ4v) is 2.87. The van der Waals surface area contributed by atoms with Crippen LogP contribution >= 0.6 is 24.0 Å². The number of aromatic nitrogens is 3. The van der Waals surface area contributed by atoms with E-state index in [0.717, 1.165) is 21.7 Å². The van der Waals surface area contributed by atoms with Crippen molar-refractivity contribution >= 4 is 35.1 Å². The molecule has 16 heavy (non-hydrogen) atoms. The molecule has 0 spiro atoms. The van der Waals surface area contributed by atoms with E-state index in [-0.39, 0.29) is 0 Å². The number of H-pyrrole nitrogens is 1. The Morgan fingerprint density at radius 1 is 1.62 bits per heavy atom. The van der Waals surface area contributed by atoms with E-state index in [1.807, 2.05) is 24.0 Å². The minimum atomic E-state index is 0.366. The Hall–Kier alpha value is -0.810. The maximum Gasteiger partial charge on any atom is 0.179 e. The van der Waals surface area contributed by atoms with E-state index in [2.05, 4.69) is 34.6 Å². The van der Waals surface area contributed by atoms with Crippen LogP contribution in [0.4, 0.5) is 0 Å². The number of nitrogens with one attached hydrogen (secondary N) is 1. The van der Waals surface area contributed by atoms with Crippen LogP contribution in [-0.2, 0) is 0 Å². The number of pyridine rings is 1. The smallest absolute Gasteiger partial charge is 0.179 e. The molecule has 2 aromatic rings. The second kappa shape index (κ2) is 4.59. The van der Waals surface area contributed by atoms with E-state index in [1.54, 1.807) is 0 Å². The molecule has 2 heterocycles. The maximum atomic E-state index is 5.36. The van der Waals surface area contributed by atoms with E-state index in [0.29, 0.717) is 6.04 Å². The van der Waals surface area contributed by atoms with E-state index in [9.17, 15) is 0 Å². The monoisotopic (exact) mass is 253 g/mol. The van der Waals surface area contributed by atoms with Crippen LogP contribution < -0.4 is 0 Å². The van der Waals surface area contributed by atoms with Crippen molar-refractivity contribution in [1.29, 1.82) is 0 Å². The lowest BCUT2D eigenvalue weighted by Gasteiger charge is -2.12. The van der Waals surface area contributed by atoms with E-state index >= 15 is 0 Å². The van der Waals surface area contributed by atoms with Crippen LogP contribution in [0.3, 0.4) is 0 Å². The Labute approximate surface area is 104 Å². The molecule has 1 N–H and O–H groups in total. The van der Waals surface area contributed by atoms with Gasteiger partial charge < -0.3 is 4.98 Å². The summed E-state index contributed by atoms with van der Waals surface area (Å²) in [6.45, 7) is 4.24. The lowest BCUT2D eigenvalue weighted by molar-refractivity contribution is 0.615. The fraction of sp³-hybridized carbons (Fsp3) is 0.455. The number of nitrogens with zero attached hydrogens (tertiary/aromatic N) is 2. The molecule has 1 unspecified atom stereocenters. The molecule has 1 atom stereocenters. The molecule has 0 saturated carbocycles. The zero-order chi connectivity index (χ0) is 11.7. The van der Waals surface area contributed by atoms with Crippen LogP contribution in [0.2, 0.25) is 0 Å². The summed E-state index contributed by atoms with van der Waals surface area (Å²) in [5.41, 5.74) is 3.21. The van der Waals surface area contributed by atoms with Gasteiger partial charge in [0.05, 0.1) is 5.52 Å². The third-order valence-electron chi connectivity index (χ3n) is 2.67. The van der Waals surface area contributed by atoms with Gasteiger partial charge in [0.1, 0.15) is 0 Å². The summed E-state index contributed by atoms with van der Waals surface area (Å²) in [5, 5.41) is 0. The van der Waals surface area contributed by atoms with Crippen molar-refractivity contribution in [3.63, 3.8) is 0 Å². The lowest BCUT2D eigenvalue weighted by Crippen LogP contribution is -2.08. The van der Waals surface area contributed by atoms with Crippen molar-refractivity contribution in [3.8, 4) is 0 Å². The fourth-order valence-electron chi connectivity index (χ4n) is 1.87. The van der Waals surface area contributed by atoms with Crippen LogP contribution in [0, 0.1) is 11.7 Å². The molecular formula is C11H15N3S2. The maximum absolute atomic E-state index is 5.36. The molecule has 2 rings (SSSR count). The first-order chi connectivity index (χ1) is 7.65. The standard InChI is InChI=1S/C11H15N3S2/c1-7-4-5-12-10-9(7)13-11(15)14(10)8(2)6-16-3/h4-5,8H,6H2,1-3H3,(H,13,15). The lowest BCUT2D eigenvalue weighted by atomic mass is 10.3.